The number of nitrogens with one attached hydrogen (secondary N) is 1. The Kier molecular flexibility index (Phi) is 7.09. The number of nitrogens with zero attached hydrogens (tertiary/aromatic N) is 1. The van der Waals surface area contributed by atoms with Crippen molar-refractivity contribution in [3.8, 4) is 17.2 Å². The normalized spacial score (nSPS) is 10.0. The molecule has 0 atom stereocenters. The lowest BCUT2D eigenvalue weighted by Gasteiger charge is -2.12. The topological polar surface area (TPSA) is 65.8 Å². The van der Waals surface area contributed by atoms with Crippen LogP contribution in [0.4, 0.5) is 5.82 Å². The van der Waals surface area contributed by atoms with E-state index in [2.05, 4.69) is 9.88 Å². The zero-order valence-electron chi connectivity index (χ0n) is 15.5. The van der Waals surface area contributed by atoms with Gasteiger partial charge in [-0.15, -0.1) is 0 Å². The van der Waals surface area contributed by atoms with E-state index in [4.69, 9.17) is 26.6 Å². The molecular weight excluding hydrogens is 351 g/mol. The standard InChI is InChI=1S/C16H15BN2O4S.C2H6/c1-20-11-5-4-6-12(21-2)15(11)24-19-16-9-7-14(22-3)10(17)8-13(9)23-18-16;1-2/h4-8H,1-3H3,(H,18,19);1-2H3. The van der Waals surface area contributed by atoms with Crippen molar-refractivity contribution in [1.82, 2.24) is 5.16 Å². The van der Waals surface area contributed by atoms with Crippen LogP contribution in [0.25, 0.3) is 11.0 Å². The van der Waals surface area contributed by atoms with Crippen LogP contribution in [0.1, 0.15) is 13.8 Å². The van der Waals surface area contributed by atoms with Gasteiger partial charge in [-0.25, -0.2) is 0 Å². The second-order valence-corrected chi connectivity index (χ2v) is 5.63. The van der Waals surface area contributed by atoms with E-state index >= 15 is 0 Å². The van der Waals surface area contributed by atoms with Crippen LogP contribution < -0.4 is 24.4 Å². The Hall–Kier alpha value is -2.48. The SMILES string of the molecule is CC.[B]c1cc2onc(NSc3c(OC)cccc3OC)c2cc1OC. The number of benzene rings is 2. The van der Waals surface area contributed by atoms with Crippen LogP contribution in [0.15, 0.2) is 39.8 Å². The minimum Gasteiger partial charge on any atom is -0.497 e. The number of hydrogen-bond acceptors (Lipinski definition) is 7. The van der Waals surface area contributed by atoms with E-state index in [0.717, 1.165) is 10.3 Å². The summed E-state index contributed by atoms with van der Waals surface area (Å²) in [5.41, 5.74) is 1.06. The summed E-state index contributed by atoms with van der Waals surface area (Å²) in [5.74, 6) is 2.51. The minimum absolute atomic E-state index is 0.492. The molecule has 0 amide bonds. The van der Waals surface area contributed by atoms with Gasteiger partial charge in [0.1, 0.15) is 30.0 Å². The second-order valence-electron chi connectivity index (χ2n) is 4.82. The molecule has 8 heteroatoms. The number of methoxy groups -OCH3 is 3. The molecule has 1 N–H and O–H groups in total. The van der Waals surface area contributed by atoms with Gasteiger partial charge in [-0.3, -0.25) is 0 Å². The van der Waals surface area contributed by atoms with Crippen molar-refractivity contribution in [1.29, 1.82) is 0 Å². The van der Waals surface area contributed by atoms with Crippen molar-refractivity contribution < 1.29 is 18.7 Å². The smallest absolute Gasteiger partial charge is 0.187 e. The Morgan fingerprint density at radius 3 is 2.19 bits per heavy atom. The first-order chi connectivity index (χ1) is 12.7. The molecule has 0 saturated carbocycles. The van der Waals surface area contributed by atoms with Gasteiger partial charge in [-0.05, 0) is 36.2 Å². The van der Waals surface area contributed by atoms with Gasteiger partial charge in [-0.1, -0.05) is 30.5 Å². The Bertz CT molecular complexity index is 848. The molecule has 0 aliphatic heterocycles. The summed E-state index contributed by atoms with van der Waals surface area (Å²) in [4.78, 5) is 0.807. The lowest BCUT2D eigenvalue weighted by Crippen LogP contribution is -2.06. The molecule has 0 fully saturated rings. The highest BCUT2D eigenvalue weighted by molar-refractivity contribution is 8.00. The van der Waals surface area contributed by atoms with Gasteiger partial charge in [0.15, 0.2) is 11.4 Å². The number of hydrogen-bond donors (Lipinski definition) is 1. The number of ether oxygens (including phenoxy) is 3. The molecule has 0 spiro atoms. The first kappa shape index (κ1) is 19.8. The molecule has 0 saturated heterocycles. The van der Waals surface area contributed by atoms with Gasteiger partial charge >= 0.3 is 0 Å². The van der Waals surface area contributed by atoms with Crippen LogP contribution in [0.2, 0.25) is 0 Å². The monoisotopic (exact) mass is 372 g/mol. The highest BCUT2D eigenvalue weighted by atomic mass is 32.2. The summed E-state index contributed by atoms with van der Waals surface area (Å²) >= 11 is 1.32. The summed E-state index contributed by atoms with van der Waals surface area (Å²) in [5, 5.41) is 4.80. The fourth-order valence-corrected chi connectivity index (χ4v) is 3.10. The van der Waals surface area contributed by atoms with E-state index in [1.54, 1.807) is 33.5 Å². The number of aromatic nitrogens is 1. The van der Waals surface area contributed by atoms with E-state index in [-0.39, 0.29) is 0 Å². The van der Waals surface area contributed by atoms with Crippen molar-refractivity contribution in [3.05, 3.63) is 30.3 Å². The van der Waals surface area contributed by atoms with E-state index in [1.807, 2.05) is 32.0 Å². The molecule has 3 rings (SSSR count). The Morgan fingerprint density at radius 1 is 1.00 bits per heavy atom. The fourth-order valence-electron chi connectivity index (χ4n) is 2.25. The zero-order chi connectivity index (χ0) is 19.1. The summed E-state index contributed by atoms with van der Waals surface area (Å²) < 4.78 is 24.5. The average Bonchev–Trinajstić information content (AvgIpc) is 3.08. The summed E-state index contributed by atoms with van der Waals surface area (Å²) in [7, 11) is 10.7. The van der Waals surface area contributed by atoms with Crippen molar-refractivity contribution in [2.75, 3.05) is 26.1 Å². The maximum Gasteiger partial charge on any atom is 0.187 e. The van der Waals surface area contributed by atoms with E-state index in [0.29, 0.717) is 34.1 Å². The summed E-state index contributed by atoms with van der Waals surface area (Å²) in [6.07, 6.45) is 0. The van der Waals surface area contributed by atoms with Crippen molar-refractivity contribution in [2.24, 2.45) is 0 Å². The van der Waals surface area contributed by atoms with Crippen LogP contribution in [-0.2, 0) is 0 Å². The molecule has 0 aliphatic carbocycles. The van der Waals surface area contributed by atoms with E-state index < -0.39 is 0 Å². The maximum absolute atomic E-state index is 5.88. The van der Waals surface area contributed by atoms with Crippen molar-refractivity contribution >= 4 is 42.0 Å². The number of anilines is 1. The first-order valence-corrected chi connectivity index (χ1v) is 8.86. The Morgan fingerprint density at radius 2 is 1.62 bits per heavy atom. The zero-order valence-corrected chi connectivity index (χ0v) is 16.3. The molecule has 3 aromatic rings. The van der Waals surface area contributed by atoms with Gasteiger partial charge in [0.2, 0.25) is 0 Å². The van der Waals surface area contributed by atoms with Crippen molar-refractivity contribution in [2.45, 2.75) is 18.7 Å². The predicted octanol–water partition coefficient (Wildman–Crippen LogP) is 3.79. The third kappa shape index (κ3) is 4.01. The third-order valence-electron chi connectivity index (χ3n) is 3.45. The predicted molar refractivity (Wildman–Crippen MR) is 106 cm³/mol. The third-order valence-corrected chi connectivity index (χ3v) is 4.36. The molecule has 2 radical (unpaired) electrons. The van der Waals surface area contributed by atoms with Crippen LogP contribution in [0, 0.1) is 0 Å². The summed E-state index contributed by atoms with van der Waals surface area (Å²) in [6, 6.07) is 9.04. The number of fused-ring (bicyclic) bond motifs is 1. The molecule has 136 valence electrons. The highest BCUT2D eigenvalue weighted by Gasteiger charge is 2.15. The molecule has 1 heterocycles. The number of rotatable bonds is 6. The summed E-state index contributed by atoms with van der Waals surface area (Å²) in [6.45, 7) is 4.00. The molecule has 6 nitrogen and oxygen atoms in total. The minimum atomic E-state index is 0.492. The fraction of sp³-hybridized carbons (Fsp3) is 0.278. The first-order valence-electron chi connectivity index (χ1n) is 8.04. The maximum atomic E-state index is 5.88. The average molecular weight is 372 g/mol. The van der Waals surface area contributed by atoms with Crippen LogP contribution in [0.3, 0.4) is 0 Å². The van der Waals surface area contributed by atoms with Gasteiger partial charge in [0.05, 0.1) is 26.7 Å². The lowest BCUT2D eigenvalue weighted by molar-refractivity contribution is 0.376. The lowest BCUT2D eigenvalue weighted by atomic mass is 9.94. The van der Waals surface area contributed by atoms with Gasteiger partial charge in [0, 0.05) is 0 Å². The van der Waals surface area contributed by atoms with Crippen LogP contribution in [0.5, 0.6) is 17.2 Å². The van der Waals surface area contributed by atoms with Gasteiger partial charge in [0.25, 0.3) is 0 Å². The molecule has 0 bridgehead atoms. The molecular formula is C18H21BN2O4S. The van der Waals surface area contributed by atoms with Gasteiger partial charge < -0.3 is 23.5 Å². The largest absolute Gasteiger partial charge is 0.497 e. The Balaban J connectivity index is 0.00000117. The molecule has 2 aromatic carbocycles. The van der Waals surface area contributed by atoms with Crippen molar-refractivity contribution in [3.63, 3.8) is 0 Å². The molecule has 0 aliphatic rings. The van der Waals surface area contributed by atoms with E-state index in [9.17, 15) is 0 Å². The second kappa shape index (κ2) is 9.29. The van der Waals surface area contributed by atoms with Crippen LogP contribution in [-0.4, -0.2) is 34.3 Å². The molecule has 1 aromatic heterocycles. The Labute approximate surface area is 158 Å². The highest BCUT2D eigenvalue weighted by Crippen LogP contribution is 2.38. The molecule has 0 unspecified atom stereocenters. The van der Waals surface area contributed by atoms with E-state index in [1.165, 1.54) is 11.9 Å². The molecule has 26 heavy (non-hydrogen) atoms. The van der Waals surface area contributed by atoms with Gasteiger partial charge in [-0.2, -0.15) is 0 Å². The van der Waals surface area contributed by atoms with Crippen LogP contribution >= 0.6 is 11.9 Å². The quantitative estimate of drug-likeness (QED) is 0.522.